The van der Waals surface area contributed by atoms with Crippen LogP contribution in [0.1, 0.15) is 24.6 Å². The number of rotatable bonds is 6. The molecule has 24 heavy (non-hydrogen) atoms. The number of fused-ring (bicyclic) bond motifs is 1. The number of likely N-dealkylation sites (N-methyl/N-ethyl adjacent to an activating group) is 1. The number of benzene rings is 1. The highest BCUT2D eigenvalue weighted by Gasteiger charge is 2.29. The van der Waals surface area contributed by atoms with E-state index in [-0.39, 0.29) is 0 Å². The highest BCUT2D eigenvalue weighted by molar-refractivity contribution is 5.98. The number of anilines is 1. The molecule has 0 spiro atoms. The minimum Gasteiger partial charge on any atom is -0.367 e. The van der Waals surface area contributed by atoms with Gasteiger partial charge in [-0.3, -0.25) is 0 Å². The van der Waals surface area contributed by atoms with Crippen LogP contribution in [-0.2, 0) is 0 Å². The van der Waals surface area contributed by atoms with Gasteiger partial charge in [0.2, 0.25) is 0 Å². The minimum atomic E-state index is 0.445. The molecule has 7 heteroatoms. The van der Waals surface area contributed by atoms with Gasteiger partial charge < -0.3 is 14.7 Å². The van der Waals surface area contributed by atoms with Crippen LogP contribution in [0.2, 0.25) is 0 Å². The summed E-state index contributed by atoms with van der Waals surface area (Å²) in [7, 11) is 4.09. The van der Waals surface area contributed by atoms with Gasteiger partial charge in [0.25, 0.3) is 5.89 Å². The third-order valence-electron chi connectivity index (χ3n) is 4.13. The van der Waals surface area contributed by atoms with Crippen LogP contribution in [0.3, 0.4) is 0 Å². The van der Waals surface area contributed by atoms with E-state index in [9.17, 15) is 0 Å². The largest absolute Gasteiger partial charge is 0.367 e. The fourth-order valence-corrected chi connectivity index (χ4v) is 2.63. The summed E-state index contributed by atoms with van der Waals surface area (Å²) in [6.07, 6.45) is 2.28. The van der Waals surface area contributed by atoms with Crippen molar-refractivity contribution in [1.82, 2.24) is 25.2 Å². The molecular weight excluding hydrogens is 304 g/mol. The van der Waals surface area contributed by atoms with E-state index in [0.29, 0.717) is 17.5 Å². The molecule has 0 radical (unpaired) electrons. The van der Waals surface area contributed by atoms with Crippen molar-refractivity contribution >= 4 is 16.6 Å². The molecule has 124 valence electrons. The summed E-state index contributed by atoms with van der Waals surface area (Å²) in [6.45, 7) is 1.73. The average molecular weight is 324 g/mol. The summed E-state index contributed by atoms with van der Waals surface area (Å²) in [5, 5.41) is 18.1. The Balaban J connectivity index is 1.69. The molecule has 0 atom stereocenters. The van der Waals surface area contributed by atoms with Gasteiger partial charge in [-0.25, -0.2) is 0 Å². The zero-order chi connectivity index (χ0) is 16.5. The molecule has 1 fully saturated rings. The number of nitrogens with zero attached hydrogens (tertiary/aromatic N) is 5. The third-order valence-corrected chi connectivity index (χ3v) is 4.13. The maximum atomic E-state index is 5.42. The van der Waals surface area contributed by atoms with Gasteiger partial charge >= 0.3 is 0 Å². The summed E-state index contributed by atoms with van der Waals surface area (Å²) in [5.74, 6) is 2.45. The summed E-state index contributed by atoms with van der Waals surface area (Å²) >= 11 is 0. The first kappa shape index (κ1) is 15.0. The van der Waals surface area contributed by atoms with Crippen molar-refractivity contribution in [2.24, 2.45) is 0 Å². The Morgan fingerprint density at radius 3 is 2.71 bits per heavy atom. The second-order valence-electron chi connectivity index (χ2n) is 6.40. The van der Waals surface area contributed by atoms with Gasteiger partial charge in [0.15, 0.2) is 17.3 Å². The smallest absolute Gasteiger partial charge is 0.279 e. The van der Waals surface area contributed by atoms with E-state index >= 15 is 0 Å². The molecule has 0 aliphatic heterocycles. The molecule has 3 aromatic rings. The van der Waals surface area contributed by atoms with Gasteiger partial charge in [0, 0.05) is 29.8 Å². The normalized spacial score (nSPS) is 14.5. The topological polar surface area (TPSA) is 80.0 Å². The first-order valence-corrected chi connectivity index (χ1v) is 8.20. The van der Waals surface area contributed by atoms with Gasteiger partial charge in [-0.15, -0.1) is 10.2 Å². The van der Waals surface area contributed by atoms with Gasteiger partial charge in [-0.1, -0.05) is 29.4 Å². The summed E-state index contributed by atoms with van der Waals surface area (Å²) in [5.41, 5.74) is 0.642. The predicted molar refractivity (Wildman–Crippen MR) is 91.8 cm³/mol. The van der Waals surface area contributed by atoms with Crippen molar-refractivity contribution in [3.8, 4) is 11.6 Å². The lowest BCUT2D eigenvalue weighted by molar-refractivity contribution is 0.421. The van der Waals surface area contributed by atoms with Crippen LogP contribution in [0.4, 0.5) is 5.82 Å². The monoisotopic (exact) mass is 324 g/mol. The Labute approximate surface area is 140 Å². The molecule has 1 aliphatic rings. The van der Waals surface area contributed by atoms with E-state index in [0.717, 1.165) is 48.3 Å². The lowest BCUT2D eigenvalue weighted by atomic mass is 10.1. The van der Waals surface area contributed by atoms with E-state index in [1.165, 1.54) is 0 Å². The van der Waals surface area contributed by atoms with Crippen molar-refractivity contribution in [1.29, 1.82) is 0 Å². The van der Waals surface area contributed by atoms with Crippen LogP contribution in [0.25, 0.3) is 22.4 Å². The van der Waals surface area contributed by atoms with Crippen molar-refractivity contribution in [2.75, 3.05) is 32.5 Å². The van der Waals surface area contributed by atoms with Crippen LogP contribution in [0.5, 0.6) is 0 Å². The Bertz CT molecular complexity index is 855. The Morgan fingerprint density at radius 2 is 1.96 bits per heavy atom. The van der Waals surface area contributed by atoms with Crippen molar-refractivity contribution < 1.29 is 4.52 Å². The van der Waals surface area contributed by atoms with Crippen LogP contribution < -0.4 is 5.32 Å². The third kappa shape index (κ3) is 2.94. The van der Waals surface area contributed by atoms with Crippen molar-refractivity contribution in [3.05, 3.63) is 30.1 Å². The van der Waals surface area contributed by atoms with E-state index in [1.54, 1.807) is 0 Å². The molecule has 0 amide bonds. The molecule has 0 bridgehead atoms. The lowest BCUT2D eigenvalue weighted by Gasteiger charge is -2.12. The minimum absolute atomic E-state index is 0.445. The molecule has 1 saturated carbocycles. The van der Waals surface area contributed by atoms with Crippen LogP contribution in [-0.4, -0.2) is 52.4 Å². The molecule has 2 heterocycles. The quantitative estimate of drug-likeness (QED) is 0.746. The molecule has 0 saturated heterocycles. The van der Waals surface area contributed by atoms with Crippen molar-refractivity contribution in [2.45, 2.75) is 18.8 Å². The SMILES string of the molecule is CN(C)CCNc1nnc(-c2nc(C3CC3)no2)c2ccccc12. The molecular formula is C17H20N6O. The molecule has 7 nitrogen and oxygen atoms in total. The molecule has 4 rings (SSSR count). The molecule has 2 aromatic heterocycles. The number of hydrogen-bond donors (Lipinski definition) is 1. The summed E-state index contributed by atoms with van der Waals surface area (Å²) in [4.78, 5) is 6.62. The van der Waals surface area contributed by atoms with E-state index in [2.05, 4.69) is 30.6 Å². The number of hydrogen-bond acceptors (Lipinski definition) is 7. The second kappa shape index (κ2) is 6.16. The Morgan fingerprint density at radius 1 is 1.17 bits per heavy atom. The first-order chi connectivity index (χ1) is 11.7. The number of nitrogens with one attached hydrogen (secondary N) is 1. The van der Waals surface area contributed by atoms with Crippen molar-refractivity contribution in [3.63, 3.8) is 0 Å². The van der Waals surface area contributed by atoms with E-state index in [4.69, 9.17) is 4.52 Å². The second-order valence-corrected chi connectivity index (χ2v) is 6.40. The average Bonchev–Trinajstić information content (AvgIpc) is 3.32. The van der Waals surface area contributed by atoms with E-state index < -0.39 is 0 Å². The first-order valence-electron chi connectivity index (χ1n) is 8.20. The molecule has 0 unspecified atom stereocenters. The highest BCUT2D eigenvalue weighted by atomic mass is 16.5. The molecule has 1 N–H and O–H groups in total. The van der Waals surface area contributed by atoms with Gasteiger partial charge in [0.1, 0.15) is 0 Å². The molecule has 1 aliphatic carbocycles. The maximum Gasteiger partial charge on any atom is 0.279 e. The predicted octanol–water partition coefficient (Wildman–Crippen LogP) is 2.53. The number of aromatic nitrogens is 4. The van der Waals surface area contributed by atoms with E-state index in [1.807, 2.05) is 38.4 Å². The highest BCUT2D eigenvalue weighted by Crippen LogP contribution is 2.39. The zero-order valence-electron chi connectivity index (χ0n) is 13.9. The molecule has 1 aromatic carbocycles. The zero-order valence-corrected chi connectivity index (χ0v) is 13.9. The van der Waals surface area contributed by atoms with Crippen LogP contribution in [0.15, 0.2) is 28.8 Å². The lowest BCUT2D eigenvalue weighted by Crippen LogP contribution is -2.21. The fraction of sp³-hybridized carbons (Fsp3) is 0.412. The van der Waals surface area contributed by atoms with Gasteiger partial charge in [-0.05, 0) is 26.9 Å². The van der Waals surface area contributed by atoms with Crippen LogP contribution in [0, 0.1) is 0 Å². The Kier molecular flexibility index (Phi) is 3.86. The standard InChI is InChI=1S/C17H20N6O/c1-23(2)10-9-18-16-13-6-4-3-5-12(13)14(20-21-16)17-19-15(22-24-17)11-7-8-11/h3-6,11H,7-10H2,1-2H3,(H,18,21). The van der Waals surface area contributed by atoms with Gasteiger partial charge in [0.05, 0.1) is 0 Å². The fourth-order valence-electron chi connectivity index (χ4n) is 2.63. The van der Waals surface area contributed by atoms with Crippen LogP contribution >= 0.6 is 0 Å². The summed E-state index contributed by atoms with van der Waals surface area (Å²) in [6, 6.07) is 8.02. The summed E-state index contributed by atoms with van der Waals surface area (Å²) < 4.78 is 5.42. The maximum absolute atomic E-state index is 5.42. The Hall–Kier alpha value is -2.54. The van der Waals surface area contributed by atoms with Gasteiger partial charge in [-0.2, -0.15) is 4.98 Å².